The third-order valence-electron chi connectivity index (χ3n) is 5.98. The van der Waals surface area contributed by atoms with Gasteiger partial charge in [-0.25, -0.2) is 13.8 Å². The molecule has 0 radical (unpaired) electrons. The number of hydrogen-bond acceptors (Lipinski definition) is 7. The van der Waals surface area contributed by atoms with Gasteiger partial charge in [-0.2, -0.15) is 0 Å². The molecule has 2 amide bonds. The Kier molecular flexibility index (Phi) is 7.72. The number of thiophene rings is 1. The minimum Gasteiger partial charge on any atom is -0.496 e. The number of aryl methyl sites for hydroxylation is 1. The minimum atomic E-state index is -1.60. The molecule has 37 heavy (non-hydrogen) atoms. The van der Waals surface area contributed by atoms with Crippen LogP contribution >= 0.6 is 11.3 Å². The number of nitrogens with zero attached hydrogens (tertiary/aromatic N) is 2. The van der Waals surface area contributed by atoms with E-state index in [0.29, 0.717) is 5.56 Å². The molecule has 0 fully saturated rings. The summed E-state index contributed by atoms with van der Waals surface area (Å²) in [5.74, 6) is -1.35. The number of rotatable bonds is 8. The molecule has 3 N–H and O–H groups in total. The van der Waals surface area contributed by atoms with Crippen LogP contribution in [0.5, 0.6) is 5.75 Å². The fourth-order valence-corrected chi connectivity index (χ4v) is 5.25. The third-order valence-corrected chi connectivity index (χ3v) is 7.30. The van der Waals surface area contributed by atoms with E-state index in [4.69, 9.17) is 10.1 Å². The van der Waals surface area contributed by atoms with Crippen molar-refractivity contribution in [1.82, 2.24) is 19.8 Å². The van der Waals surface area contributed by atoms with E-state index in [-0.39, 0.29) is 44.7 Å². The molecule has 3 rings (SSSR count). The molecule has 3 aromatic rings. The van der Waals surface area contributed by atoms with Crippen LogP contribution in [0.2, 0.25) is 0 Å². The molecule has 2 heterocycles. The van der Waals surface area contributed by atoms with E-state index in [1.807, 2.05) is 0 Å². The Bertz CT molecular complexity index is 1530. The van der Waals surface area contributed by atoms with E-state index < -0.39 is 34.4 Å². The van der Waals surface area contributed by atoms with Gasteiger partial charge < -0.3 is 20.8 Å². The van der Waals surface area contributed by atoms with Gasteiger partial charge in [0.05, 0.1) is 29.6 Å². The monoisotopic (exact) mass is 531 g/mol. The van der Waals surface area contributed by atoms with Crippen LogP contribution < -0.4 is 26.6 Å². The zero-order valence-corrected chi connectivity index (χ0v) is 22.6. The normalized spacial score (nSPS) is 11.6. The van der Waals surface area contributed by atoms with Gasteiger partial charge in [-0.1, -0.05) is 0 Å². The number of fused-ring (bicyclic) bond motifs is 1. The Morgan fingerprint density at radius 3 is 2.46 bits per heavy atom. The highest BCUT2D eigenvalue weighted by atomic mass is 32.1. The predicted octanol–water partition coefficient (Wildman–Crippen LogP) is 2.37. The summed E-state index contributed by atoms with van der Waals surface area (Å²) in [6, 6.07) is 3.44. The van der Waals surface area contributed by atoms with E-state index in [0.717, 1.165) is 26.5 Å². The van der Waals surface area contributed by atoms with Crippen molar-refractivity contribution in [2.24, 2.45) is 0 Å². The first-order valence-electron chi connectivity index (χ1n) is 11.5. The first-order chi connectivity index (χ1) is 17.3. The second-order valence-corrected chi connectivity index (χ2v) is 10.3. The minimum absolute atomic E-state index is 0.0904. The maximum absolute atomic E-state index is 14.0. The maximum Gasteiger partial charge on any atom is 0.333 e. The molecule has 10 nitrogen and oxygen atoms in total. The maximum atomic E-state index is 14.0. The summed E-state index contributed by atoms with van der Waals surface area (Å²) in [5, 5.41) is 14.0. The molecule has 0 bridgehead atoms. The summed E-state index contributed by atoms with van der Waals surface area (Å²) in [6.07, 6.45) is 0. The van der Waals surface area contributed by atoms with Crippen LogP contribution in [0.1, 0.15) is 48.5 Å². The standard InChI is InChI=1S/C25H30FN5O5S/c1-12(2)29-23(34)25(4,5)31-21(33)18-13(3)19(20(32)28-6)37-22(18)30(24(31)35)11-16(27)15-10-14(26)8-9-17(15)36-7/h8-10,12,27H,11H2,1-7H3,(H,28,32)(H,29,34). The summed E-state index contributed by atoms with van der Waals surface area (Å²) in [4.78, 5) is 53.5. The average Bonchev–Trinajstić information content (AvgIpc) is 3.17. The molecule has 2 aromatic heterocycles. The van der Waals surface area contributed by atoms with Gasteiger partial charge in [0, 0.05) is 18.7 Å². The lowest BCUT2D eigenvalue weighted by Gasteiger charge is -2.27. The number of halogens is 1. The van der Waals surface area contributed by atoms with Crippen molar-refractivity contribution in [3.63, 3.8) is 0 Å². The van der Waals surface area contributed by atoms with Gasteiger partial charge in [0.25, 0.3) is 11.5 Å². The zero-order chi connectivity index (χ0) is 27.8. The number of carbonyl (C=O) groups is 2. The van der Waals surface area contributed by atoms with Crippen LogP contribution in [0.15, 0.2) is 27.8 Å². The van der Waals surface area contributed by atoms with Crippen LogP contribution in [0.3, 0.4) is 0 Å². The van der Waals surface area contributed by atoms with Gasteiger partial charge in [0.15, 0.2) is 0 Å². The van der Waals surface area contributed by atoms with Crippen LogP contribution in [-0.4, -0.2) is 46.9 Å². The Hall–Kier alpha value is -3.80. The summed E-state index contributed by atoms with van der Waals surface area (Å²) < 4.78 is 21.3. The van der Waals surface area contributed by atoms with Gasteiger partial charge in [0.2, 0.25) is 5.91 Å². The molecule has 0 aliphatic heterocycles. The third kappa shape index (κ3) is 4.93. The number of amides is 2. The molecular weight excluding hydrogens is 501 g/mol. The fourth-order valence-electron chi connectivity index (χ4n) is 4.01. The highest BCUT2D eigenvalue weighted by Crippen LogP contribution is 2.29. The molecule has 0 aliphatic rings. The molecule has 0 unspecified atom stereocenters. The van der Waals surface area contributed by atoms with Crippen molar-refractivity contribution in [3.8, 4) is 5.75 Å². The van der Waals surface area contributed by atoms with E-state index in [9.17, 15) is 23.6 Å². The van der Waals surface area contributed by atoms with Crippen molar-refractivity contribution in [2.45, 2.75) is 52.7 Å². The van der Waals surface area contributed by atoms with E-state index >= 15 is 0 Å². The highest BCUT2D eigenvalue weighted by molar-refractivity contribution is 7.20. The van der Waals surface area contributed by atoms with Gasteiger partial charge in [0.1, 0.15) is 21.9 Å². The number of ether oxygens (including phenoxy) is 1. The van der Waals surface area contributed by atoms with Crippen LogP contribution in [0, 0.1) is 18.2 Å². The van der Waals surface area contributed by atoms with Gasteiger partial charge in [-0.3, -0.25) is 19.0 Å². The van der Waals surface area contributed by atoms with Gasteiger partial charge in [-0.05, 0) is 58.4 Å². The van der Waals surface area contributed by atoms with Crippen molar-refractivity contribution < 1.29 is 18.7 Å². The lowest BCUT2D eigenvalue weighted by atomic mass is 10.0. The molecule has 0 spiro atoms. The largest absolute Gasteiger partial charge is 0.496 e. The van der Waals surface area contributed by atoms with E-state index in [2.05, 4.69) is 10.6 Å². The predicted molar refractivity (Wildman–Crippen MR) is 141 cm³/mol. The molecule has 0 saturated heterocycles. The number of carbonyl (C=O) groups excluding carboxylic acids is 2. The number of methoxy groups -OCH3 is 1. The molecule has 0 saturated carbocycles. The van der Waals surface area contributed by atoms with Gasteiger partial charge in [-0.15, -0.1) is 11.3 Å². The zero-order valence-electron chi connectivity index (χ0n) is 21.7. The highest BCUT2D eigenvalue weighted by Gasteiger charge is 2.36. The first kappa shape index (κ1) is 27.8. The Morgan fingerprint density at radius 1 is 1.24 bits per heavy atom. The Labute approximate surface area is 216 Å². The topological polar surface area (TPSA) is 135 Å². The first-order valence-corrected chi connectivity index (χ1v) is 12.3. The smallest absolute Gasteiger partial charge is 0.333 e. The lowest BCUT2D eigenvalue weighted by molar-refractivity contribution is -0.129. The number of nitrogens with one attached hydrogen (secondary N) is 3. The summed E-state index contributed by atoms with van der Waals surface area (Å²) in [5.41, 5.74) is -2.86. The molecule has 12 heteroatoms. The fraction of sp³-hybridized carbons (Fsp3) is 0.400. The van der Waals surface area contributed by atoms with Crippen molar-refractivity contribution in [1.29, 1.82) is 5.41 Å². The van der Waals surface area contributed by atoms with Crippen molar-refractivity contribution in [3.05, 3.63) is 60.9 Å². The Morgan fingerprint density at radius 2 is 1.89 bits per heavy atom. The summed E-state index contributed by atoms with van der Waals surface area (Å²) in [7, 11) is 2.82. The van der Waals surface area contributed by atoms with E-state index in [1.165, 1.54) is 40.1 Å². The SMILES string of the molecule is CNC(=O)c1sc2c(c1C)c(=O)n(C(C)(C)C(=O)NC(C)C)c(=O)n2CC(=N)c1cc(F)ccc1OC. The molecular formula is C25H30FN5O5S. The molecule has 0 aliphatic carbocycles. The quantitative estimate of drug-likeness (QED) is 0.384. The Balaban J connectivity index is 2.37. The molecule has 198 valence electrons. The van der Waals surface area contributed by atoms with Crippen LogP contribution in [0.4, 0.5) is 4.39 Å². The van der Waals surface area contributed by atoms with Crippen LogP contribution in [-0.2, 0) is 16.9 Å². The number of benzene rings is 1. The van der Waals surface area contributed by atoms with Crippen molar-refractivity contribution >= 4 is 39.1 Å². The number of aromatic nitrogens is 2. The summed E-state index contributed by atoms with van der Waals surface area (Å²) in [6.45, 7) is 7.63. The van der Waals surface area contributed by atoms with Crippen molar-refractivity contribution in [2.75, 3.05) is 14.2 Å². The number of hydrogen-bond donors (Lipinski definition) is 3. The molecule has 1 aromatic carbocycles. The average molecular weight is 532 g/mol. The summed E-state index contributed by atoms with van der Waals surface area (Å²) >= 11 is 0.935. The second kappa shape index (κ2) is 10.3. The lowest BCUT2D eigenvalue weighted by Crippen LogP contribution is -2.56. The van der Waals surface area contributed by atoms with Gasteiger partial charge >= 0.3 is 5.69 Å². The van der Waals surface area contributed by atoms with Crippen LogP contribution in [0.25, 0.3) is 10.2 Å². The second-order valence-electron chi connectivity index (χ2n) is 9.34. The molecule has 0 atom stereocenters. The van der Waals surface area contributed by atoms with E-state index in [1.54, 1.807) is 20.8 Å².